The highest BCUT2D eigenvalue weighted by molar-refractivity contribution is 5.99. The molecular weight excluding hydrogens is 464 g/mol. The van der Waals surface area contributed by atoms with E-state index in [4.69, 9.17) is 5.73 Å². The number of aliphatic hydroxyl groups excluding tert-OH is 1. The lowest BCUT2D eigenvalue weighted by atomic mass is 9.90. The minimum atomic E-state index is -1.03. The summed E-state index contributed by atoms with van der Waals surface area (Å²) >= 11 is 0. The maximum Gasteiger partial charge on any atom is 0.253 e. The molecule has 1 unspecified atom stereocenters. The third-order valence-electron chi connectivity index (χ3n) is 6.82. The highest BCUT2D eigenvalue weighted by atomic mass is 19.1. The Morgan fingerprint density at radius 3 is 2.36 bits per heavy atom. The van der Waals surface area contributed by atoms with Gasteiger partial charge in [-0.05, 0) is 60.2 Å². The molecule has 0 aromatic heterocycles. The van der Waals surface area contributed by atoms with E-state index in [2.05, 4.69) is 5.32 Å². The topological polar surface area (TPSA) is 95.7 Å². The van der Waals surface area contributed by atoms with Gasteiger partial charge in [0.1, 0.15) is 11.6 Å². The second-order valence-corrected chi connectivity index (χ2v) is 9.26. The van der Waals surface area contributed by atoms with Gasteiger partial charge in [-0.3, -0.25) is 9.59 Å². The standard InChI is InChI=1S/C28H29F2N3O3/c1-33(28(36)20-9-5-8-19(13-20)27(31)35)25(12-17-10-22(29)15-23(30)11-17)26(34)24-14-21(16-32-24)18-6-3-2-4-7-18/h2-11,13,15,21,24-26,32,34H,12,14,16H2,1H3,(H2,31,35)/t21?,24-,25+,26-/m1/s1. The Kier molecular flexibility index (Phi) is 7.76. The second kappa shape index (κ2) is 11.0. The van der Waals surface area contributed by atoms with Crippen molar-refractivity contribution in [1.82, 2.24) is 10.2 Å². The van der Waals surface area contributed by atoms with Gasteiger partial charge in [0.05, 0.1) is 12.1 Å². The van der Waals surface area contributed by atoms with Crippen molar-refractivity contribution in [2.45, 2.75) is 36.9 Å². The van der Waals surface area contributed by atoms with Crippen LogP contribution in [0.1, 0.15) is 44.2 Å². The van der Waals surface area contributed by atoms with Crippen LogP contribution in [0, 0.1) is 11.6 Å². The molecule has 1 fully saturated rings. The third kappa shape index (κ3) is 5.78. The number of hydrogen-bond donors (Lipinski definition) is 3. The molecule has 0 bridgehead atoms. The molecule has 3 aromatic carbocycles. The normalized spacial score (nSPS) is 19.0. The number of nitrogens with one attached hydrogen (secondary N) is 1. The molecule has 1 aliphatic heterocycles. The molecule has 36 heavy (non-hydrogen) atoms. The summed E-state index contributed by atoms with van der Waals surface area (Å²) in [5.41, 5.74) is 7.23. The van der Waals surface area contributed by atoms with Crippen molar-refractivity contribution in [3.63, 3.8) is 0 Å². The SMILES string of the molecule is CN(C(=O)c1cccc(C(N)=O)c1)[C@@H](Cc1cc(F)cc(F)c1)[C@H](O)[C@H]1CC(c2ccccc2)CN1. The number of hydrogen-bond acceptors (Lipinski definition) is 4. The quantitative estimate of drug-likeness (QED) is 0.449. The zero-order valence-electron chi connectivity index (χ0n) is 19.9. The Bertz CT molecular complexity index is 1220. The van der Waals surface area contributed by atoms with Gasteiger partial charge in [-0.1, -0.05) is 36.4 Å². The van der Waals surface area contributed by atoms with Crippen molar-refractivity contribution in [2.75, 3.05) is 13.6 Å². The molecule has 4 N–H and O–H groups in total. The summed E-state index contributed by atoms with van der Waals surface area (Å²) in [5.74, 6) is -2.39. The molecule has 3 aromatic rings. The van der Waals surface area contributed by atoms with E-state index in [9.17, 15) is 23.5 Å². The Morgan fingerprint density at radius 1 is 1.03 bits per heavy atom. The van der Waals surface area contributed by atoms with Crippen LogP contribution >= 0.6 is 0 Å². The summed E-state index contributed by atoms with van der Waals surface area (Å²) in [6, 6.07) is 18.0. The molecule has 0 spiro atoms. The van der Waals surface area contributed by atoms with Crippen LogP contribution in [0.15, 0.2) is 72.8 Å². The number of nitrogens with two attached hydrogens (primary N) is 1. The van der Waals surface area contributed by atoms with E-state index in [0.717, 1.165) is 11.6 Å². The van der Waals surface area contributed by atoms with Crippen molar-refractivity contribution in [2.24, 2.45) is 5.73 Å². The Labute approximate surface area is 208 Å². The predicted octanol–water partition coefficient (Wildman–Crippen LogP) is 3.25. The smallest absolute Gasteiger partial charge is 0.253 e. The average Bonchev–Trinajstić information content (AvgIpc) is 3.36. The number of rotatable bonds is 8. The zero-order valence-corrected chi connectivity index (χ0v) is 19.9. The van der Waals surface area contributed by atoms with Gasteiger partial charge in [0.25, 0.3) is 5.91 Å². The van der Waals surface area contributed by atoms with Gasteiger partial charge in [-0.2, -0.15) is 0 Å². The Hall–Kier alpha value is -3.62. The van der Waals surface area contributed by atoms with E-state index in [0.29, 0.717) is 18.5 Å². The summed E-state index contributed by atoms with van der Waals surface area (Å²) in [7, 11) is 1.53. The predicted molar refractivity (Wildman–Crippen MR) is 133 cm³/mol. The van der Waals surface area contributed by atoms with E-state index in [1.54, 1.807) is 12.1 Å². The number of amides is 2. The average molecular weight is 494 g/mol. The number of aliphatic hydroxyl groups is 1. The lowest BCUT2D eigenvalue weighted by Crippen LogP contribution is -2.53. The van der Waals surface area contributed by atoms with Crippen molar-refractivity contribution < 1.29 is 23.5 Å². The van der Waals surface area contributed by atoms with Gasteiger partial charge in [0.15, 0.2) is 0 Å². The molecule has 1 heterocycles. The Balaban J connectivity index is 1.61. The minimum absolute atomic E-state index is 0.0295. The van der Waals surface area contributed by atoms with Gasteiger partial charge in [0.2, 0.25) is 5.91 Å². The fraction of sp³-hybridized carbons (Fsp3) is 0.286. The maximum absolute atomic E-state index is 13.9. The molecule has 1 saturated heterocycles. The lowest BCUT2D eigenvalue weighted by molar-refractivity contribution is 0.0315. The van der Waals surface area contributed by atoms with Gasteiger partial charge < -0.3 is 21.1 Å². The molecule has 4 atom stereocenters. The van der Waals surface area contributed by atoms with Crippen LogP contribution in [0.3, 0.4) is 0 Å². The lowest BCUT2D eigenvalue weighted by Gasteiger charge is -2.35. The molecule has 0 aliphatic carbocycles. The number of halogens is 2. The largest absolute Gasteiger partial charge is 0.389 e. The van der Waals surface area contributed by atoms with Crippen LogP contribution in [0.5, 0.6) is 0 Å². The molecule has 8 heteroatoms. The highest BCUT2D eigenvalue weighted by Crippen LogP contribution is 2.29. The molecule has 0 saturated carbocycles. The van der Waals surface area contributed by atoms with Crippen molar-refractivity contribution in [3.8, 4) is 0 Å². The van der Waals surface area contributed by atoms with Gasteiger partial charge in [-0.15, -0.1) is 0 Å². The monoisotopic (exact) mass is 493 g/mol. The molecule has 0 radical (unpaired) electrons. The summed E-state index contributed by atoms with van der Waals surface area (Å²) in [5, 5.41) is 14.8. The van der Waals surface area contributed by atoms with E-state index in [1.165, 1.54) is 36.2 Å². The zero-order chi connectivity index (χ0) is 25.8. The highest BCUT2D eigenvalue weighted by Gasteiger charge is 2.37. The number of primary amides is 1. The van der Waals surface area contributed by atoms with Crippen molar-refractivity contribution in [3.05, 3.63) is 107 Å². The fourth-order valence-electron chi connectivity index (χ4n) is 4.89. The van der Waals surface area contributed by atoms with Crippen molar-refractivity contribution in [1.29, 1.82) is 0 Å². The summed E-state index contributed by atoms with van der Waals surface area (Å²) in [6.45, 7) is 0.658. The van der Waals surface area contributed by atoms with Gasteiger partial charge >= 0.3 is 0 Å². The van der Waals surface area contributed by atoms with Crippen LogP contribution in [-0.2, 0) is 6.42 Å². The van der Waals surface area contributed by atoms with Gasteiger partial charge in [-0.25, -0.2) is 8.78 Å². The van der Waals surface area contributed by atoms with E-state index in [1.807, 2.05) is 30.3 Å². The summed E-state index contributed by atoms with van der Waals surface area (Å²) in [4.78, 5) is 26.3. The number of carbonyl (C=O) groups is 2. The first-order chi connectivity index (χ1) is 17.2. The van der Waals surface area contributed by atoms with Crippen LogP contribution in [0.2, 0.25) is 0 Å². The van der Waals surface area contributed by atoms with Crippen LogP contribution in [0.25, 0.3) is 0 Å². The van der Waals surface area contributed by atoms with Crippen LogP contribution < -0.4 is 11.1 Å². The molecule has 1 aliphatic rings. The first-order valence-corrected chi connectivity index (χ1v) is 11.8. The number of carbonyl (C=O) groups excluding carboxylic acids is 2. The fourth-order valence-corrected chi connectivity index (χ4v) is 4.89. The second-order valence-electron chi connectivity index (χ2n) is 9.26. The summed E-state index contributed by atoms with van der Waals surface area (Å²) < 4.78 is 27.8. The van der Waals surface area contributed by atoms with Crippen LogP contribution in [-0.4, -0.2) is 53.6 Å². The number of likely N-dealkylation sites (N-methyl/N-ethyl adjacent to an activating group) is 1. The minimum Gasteiger partial charge on any atom is -0.389 e. The van der Waals surface area contributed by atoms with E-state index in [-0.39, 0.29) is 29.5 Å². The molecular formula is C28H29F2N3O3. The molecule has 6 nitrogen and oxygen atoms in total. The number of nitrogens with zero attached hydrogens (tertiary/aromatic N) is 1. The van der Waals surface area contributed by atoms with Crippen LogP contribution in [0.4, 0.5) is 8.78 Å². The van der Waals surface area contributed by atoms with Crippen molar-refractivity contribution >= 4 is 11.8 Å². The van der Waals surface area contributed by atoms with Gasteiger partial charge in [0, 0.05) is 36.8 Å². The first-order valence-electron chi connectivity index (χ1n) is 11.8. The molecule has 188 valence electrons. The van der Waals surface area contributed by atoms with E-state index >= 15 is 0 Å². The molecule has 2 amide bonds. The molecule has 4 rings (SSSR count). The third-order valence-corrected chi connectivity index (χ3v) is 6.82. The Morgan fingerprint density at radius 2 is 1.69 bits per heavy atom. The summed E-state index contributed by atoms with van der Waals surface area (Å²) in [6.07, 6.45) is -0.363. The number of benzene rings is 3. The maximum atomic E-state index is 13.9. The first kappa shape index (κ1) is 25.5. The van der Waals surface area contributed by atoms with E-state index < -0.39 is 35.6 Å².